The number of carbonyl (C=O) groups is 1. The van der Waals surface area contributed by atoms with Gasteiger partial charge in [0.1, 0.15) is 6.10 Å². The summed E-state index contributed by atoms with van der Waals surface area (Å²) in [4.78, 5) is 12.7. The third kappa shape index (κ3) is 3.00. The normalized spacial score (nSPS) is 43.6. The van der Waals surface area contributed by atoms with Crippen molar-refractivity contribution in [3.63, 3.8) is 0 Å². The third-order valence-electron chi connectivity index (χ3n) is 9.25. The van der Waals surface area contributed by atoms with Crippen LogP contribution < -0.4 is 0 Å². The largest absolute Gasteiger partial charge is 0.458 e. The highest BCUT2D eigenvalue weighted by Crippen LogP contribution is 2.65. The van der Waals surface area contributed by atoms with Gasteiger partial charge in [0, 0.05) is 5.41 Å². The second-order valence-electron chi connectivity index (χ2n) is 10.5. The minimum atomic E-state index is -0.168. The summed E-state index contributed by atoms with van der Waals surface area (Å²) in [6.07, 6.45) is 11.0. The predicted molar refractivity (Wildman–Crippen MR) is 113 cm³/mol. The molecule has 29 heavy (non-hydrogen) atoms. The van der Waals surface area contributed by atoms with Crippen LogP contribution in [0.15, 0.2) is 42.0 Å². The van der Waals surface area contributed by atoms with Crippen molar-refractivity contribution in [3.05, 3.63) is 47.5 Å². The molecule has 3 fully saturated rings. The van der Waals surface area contributed by atoms with Gasteiger partial charge in [-0.3, -0.25) is 0 Å². The van der Waals surface area contributed by atoms with E-state index in [1.165, 1.54) is 18.4 Å². The molecule has 0 amide bonds. The molecule has 0 aliphatic heterocycles. The average molecular weight is 395 g/mol. The zero-order valence-corrected chi connectivity index (χ0v) is 17.8. The maximum absolute atomic E-state index is 12.7. The summed E-state index contributed by atoms with van der Waals surface area (Å²) in [7, 11) is 0. The van der Waals surface area contributed by atoms with Crippen molar-refractivity contribution in [3.8, 4) is 0 Å². The lowest BCUT2D eigenvalue weighted by Crippen LogP contribution is -2.51. The van der Waals surface area contributed by atoms with E-state index in [0.29, 0.717) is 17.4 Å². The molecule has 0 saturated heterocycles. The summed E-state index contributed by atoms with van der Waals surface area (Å²) in [5, 5.41) is 10.2. The van der Waals surface area contributed by atoms with Gasteiger partial charge in [0.25, 0.3) is 0 Å². The lowest BCUT2D eigenvalue weighted by Gasteiger charge is -2.57. The summed E-state index contributed by atoms with van der Waals surface area (Å²) in [5.41, 5.74) is 2.54. The first kappa shape index (κ1) is 19.4. The molecule has 1 N–H and O–H groups in total. The molecule has 0 bridgehead atoms. The van der Waals surface area contributed by atoms with E-state index < -0.39 is 0 Å². The van der Waals surface area contributed by atoms with Gasteiger partial charge in [0.15, 0.2) is 0 Å². The molecule has 0 radical (unpaired) electrons. The van der Waals surface area contributed by atoms with E-state index in [2.05, 4.69) is 19.9 Å². The van der Waals surface area contributed by atoms with Crippen molar-refractivity contribution >= 4 is 5.97 Å². The lowest BCUT2D eigenvalue weighted by molar-refractivity contribution is -0.0778. The maximum atomic E-state index is 12.7. The van der Waals surface area contributed by atoms with Gasteiger partial charge in [0.2, 0.25) is 0 Å². The monoisotopic (exact) mass is 394 g/mol. The van der Waals surface area contributed by atoms with Crippen molar-refractivity contribution < 1.29 is 14.6 Å². The van der Waals surface area contributed by atoms with Crippen molar-refractivity contribution in [2.24, 2.45) is 28.6 Å². The first-order valence-corrected chi connectivity index (χ1v) is 11.6. The van der Waals surface area contributed by atoms with E-state index in [9.17, 15) is 9.90 Å². The Labute approximate surface area is 174 Å². The number of aliphatic hydroxyl groups is 1. The first-order chi connectivity index (χ1) is 13.9. The Morgan fingerprint density at radius 1 is 1.03 bits per heavy atom. The Balaban J connectivity index is 1.36. The third-order valence-corrected chi connectivity index (χ3v) is 9.25. The van der Waals surface area contributed by atoms with E-state index in [1.54, 1.807) is 0 Å². The van der Waals surface area contributed by atoms with Gasteiger partial charge < -0.3 is 9.84 Å². The molecule has 2 unspecified atom stereocenters. The van der Waals surface area contributed by atoms with Crippen molar-refractivity contribution in [2.45, 2.75) is 77.4 Å². The Bertz CT molecular complexity index is 815. The number of ether oxygens (including phenoxy) is 1. The number of benzene rings is 1. The van der Waals surface area contributed by atoms with Gasteiger partial charge in [-0.1, -0.05) is 43.7 Å². The van der Waals surface area contributed by atoms with Crippen LogP contribution in [0, 0.1) is 28.6 Å². The summed E-state index contributed by atoms with van der Waals surface area (Å²) in [6.45, 7) is 4.85. The lowest BCUT2D eigenvalue weighted by atomic mass is 9.48. The smallest absolute Gasteiger partial charge is 0.338 e. The molecule has 1 aromatic rings. The minimum absolute atomic E-state index is 0.0347. The Morgan fingerprint density at radius 2 is 1.83 bits per heavy atom. The molecule has 4 aliphatic carbocycles. The summed E-state index contributed by atoms with van der Waals surface area (Å²) in [5.74, 6) is 1.88. The molecule has 0 spiro atoms. The molecule has 3 saturated carbocycles. The number of hydrogen-bond acceptors (Lipinski definition) is 3. The molecule has 5 rings (SSSR count). The zero-order valence-electron chi connectivity index (χ0n) is 17.8. The van der Waals surface area contributed by atoms with E-state index in [0.717, 1.165) is 44.4 Å². The molecule has 7 atom stereocenters. The highest BCUT2D eigenvalue weighted by atomic mass is 16.5. The van der Waals surface area contributed by atoms with E-state index >= 15 is 0 Å². The number of esters is 1. The van der Waals surface area contributed by atoms with Crippen LogP contribution in [0.25, 0.3) is 0 Å². The van der Waals surface area contributed by atoms with E-state index in [4.69, 9.17) is 4.74 Å². The Hall–Kier alpha value is -1.61. The number of hydrogen-bond donors (Lipinski definition) is 1. The van der Waals surface area contributed by atoms with Crippen molar-refractivity contribution in [2.75, 3.05) is 0 Å². The highest BCUT2D eigenvalue weighted by molar-refractivity contribution is 5.89. The maximum Gasteiger partial charge on any atom is 0.338 e. The Kier molecular flexibility index (Phi) is 4.66. The number of aliphatic hydroxyl groups excluding tert-OH is 1. The molecule has 0 aromatic heterocycles. The van der Waals surface area contributed by atoms with Crippen LogP contribution in [0.4, 0.5) is 0 Å². The molecule has 3 nitrogen and oxygen atoms in total. The van der Waals surface area contributed by atoms with Gasteiger partial charge >= 0.3 is 5.97 Å². The molecule has 3 heteroatoms. The fourth-order valence-corrected chi connectivity index (χ4v) is 7.56. The molecule has 1 aromatic carbocycles. The Morgan fingerprint density at radius 3 is 2.62 bits per heavy atom. The van der Waals surface area contributed by atoms with Crippen molar-refractivity contribution in [1.82, 2.24) is 0 Å². The van der Waals surface area contributed by atoms with Gasteiger partial charge in [-0.15, -0.1) is 0 Å². The fourth-order valence-electron chi connectivity index (χ4n) is 7.56. The van der Waals surface area contributed by atoms with Crippen LogP contribution in [-0.2, 0) is 4.74 Å². The van der Waals surface area contributed by atoms with Gasteiger partial charge in [0.05, 0.1) is 11.7 Å². The van der Waals surface area contributed by atoms with E-state index in [-0.39, 0.29) is 29.0 Å². The zero-order chi connectivity index (χ0) is 20.2. The molecular weight excluding hydrogens is 360 g/mol. The average Bonchev–Trinajstić information content (AvgIpc) is 3.05. The quantitative estimate of drug-likeness (QED) is 0.529. The van der Waals surface area contributed by atoms with Crippen LogP contribution in [0.5, 0.6) is 0 Å². The van der Waals surface area contributed by atoms with Crippen LogP contribution >= 0.6 is 0 Å². The summed E-state index contributed by atoms with van der Waals surface area (Å²) < 4.78 is 6.11. The summed E-state index contributed by atoms with van der Waals surface area (Å²) >= 11 is 0. The standard InChI is InChI=1S/C26H34O3/c1-25-14-12-19(27)16-18(25)8-9-20-21-10-11-23(26(21,2)15-13-22(20)25)29-24(28)17-6-4-3-5-7-17/h3-8,19-23,27H,9-16H2,1-2H3/t19?,20-,21-,22-,23?,25-,26-/m0/s1. The second kappa shape index (κ2) is 6.97. The van der Waals surface area contributed by atoms with Gasteiger partial charge in [-0.05, 0) is 86.7 Å². The number of fused-ring (bicyclic) bond motifs is 5. The topological polar surface area (TPSA) is 46.5 Å². The molecule has 156 valence electrons. The van der Waals surface area contributed by atoms with Gasteiger partial charge in [-0.2, -0.15) is 0 Å². The molecule has 4 aliphatic rings. The number of rotatable bonds is 2. The minimum Gasteiger partial charge on any atom is -0.458 e. The summed E-state index contributed by atoms with van der Waals surface area (Å²) in [6, 6.07) is 9.42. The predicted octanol–water partition coefficient (Wildman–Crippen LogP) is 5.54. The number of allylic oxidation sites excluding steroid dienone is 1. The van der Waals surface area contributed by atoms with Crippen LogP contribution in [0.2, 0.25) is 0 Å². The van der Waals surface area contributed by atoms with Crippen molar-refractivity contribution in [1.29, 1.82) is 0 Å². The van der Waals surface area contributed by atoms with Crippen LogP contribution in [-0.4, -0.2) is 23.3 Å². The van der Waals surface area contributed by atoms with Crippen LogP contribution in [0.3, 0.4) is 0 Å². The SMILES string of the molecule is C[C@]12CCC(O)CC1=CC[C@@H]1[C@@H]2CC[C@]2(C)C(OC(=O)c3ccccc3)CC[C@@H]12. The van der Waals surface area contributed by atoms with Crippen LogP contribution in [0.1, 0.15) is 75.6 Å². The molecule has 0 heterocycles. The van der Waals surface area contributed by atoms with Gasteiger partial charge in [-0.25, -0.2) is 4.79 Å². The fraction of sp³-hybridized carbons (Fsp3) is 0.654. The highest BCUT2D eigenvalue weighted by Gasteiger charge is 2.59. The first-order valence-electron chi connectivity index (χ1n) is 11.6. The second-order valence-corrected chi connectivity index (χ2v) is 10.5. The molecular formula is C26H34O3. The number of carbonyl (C=O) groups excluding carboxylic acids is 1. The van der Waals surface area contributed by atoms with E-state index in [1.807, 2.05) is 30.3 Å².